The summed E-state index contributed by atoms with van der Waals surface area (Å²) in [6, 6.07) is 0.469. The van der Waals surface area contributed by atoms with Gasteiger partial charge in [-0.25, -0.2) is 0 Å². The van der Waals surface area contributed by atoms with Crippen LogP contribution in [0.3, 0.4) is 0 Å². The zero-order chi connectivity index (χ0) is 10.4. The molecule has 1 saturated heterocycles. The smallest absolute Gasteiger partial charge is 0.131 e. The van der Waals surface area contributed by atoms with Crippen LogP contribution in [0.1, 0.15) is 32.6 Å². The molecule has 1 unspecified atom stereocenters. The van der Waals surface area contributed by atoms with Crippen molar-refractivity contribution in [3.05, 3.63) is 0 Å². The second kappa shape index (κ2) is 6.14. The van der Waals surface area contributed by atoms with Crippen molar-refractivity contribution in [3.63, 3.8) is 0 Å². The highest BCUT2D eigenvalue weighted by Crippen LogP contribution is 2.19. The number of hydrogen-bond donors (Lipinski definition) is 0. The summed E-state index contributed by atoms with van der Waals surface area (Å²) in [5.74, 6) is 0.305. The number of hydrogen-bond acceptors (Lipinski definition) is 3. The van der Waals surface area contributed by atoms with Crippen molar-refractivity contribution in [1.82, 2.24) is 4.90 Å². The predicted octanol–water partition coefficient (Wildman–Crippen LogP) is 1.47. The Morgan fingerprint density at radius 3 is 2.93 bits per heavy atom. The molecule has 1 heterocycles. The fourth-order valence-corrected chi connectivity index (χ4v) is 2.13. The molecule has 1 atom stereocenters. The van der Waals surface area contributed by atoms with Crippen molar-refractivity contribution in [3.8, 4) is 0 Å². The Morgan fingerprint density at radius 1 is 1.50 bits per heavy atom. The first-order chi connectivity index (χ1) is 6.74. The van der Waals surface area contributed by atoms with Gasteiger partial charge in [-0.3, -0.25) is 9.69 Å². The fraction of sp³-hybridized carbons (Fsp3) is 0.909. The lowest BCUT2D eigenvalue weighted by Crippen LogP contribution is -2.42. The number of rotatable bonds is 5. The first-order valence-corrected chi connectivity index (χ1v) is 5.46. The zero-order valence-corrected chi connectivity index (χ0v) is 9.29. The number of methoxy groups -OCH3 is 1. The number of Topliss-reactive ketones (excluding diaryl/α,β-unsaturated/α-hetero) is 1. The van der Waals surface area contributed by atoms with Gasteiger partial charge in [0.25, 0.3) is 0 Å². The molecule has 0 N–H and O–H groups in total. The minimum Gasteiger partial charge on any atom is -0.383 e. The van der Waals surface area contributed by atoms with Crippen molar-refractivity contribution < 1.29 is 9.53 Å². The molecular formula is C11H21NO2. The Balaban J connectivity index is 2.37. The maximum Gasteiger partial charge on any atom is 0.131 e. The molecule has 3 heteroatoms. The summed E-state index contributed by atoms with van der Waals surface area (Å²) < 4.78 is 5.07. The lowest BCUT2D eigenvalue weighted by Gasteiger charge is -2.35. The number of carbonyl (C=O) groups excluding carboxylic acids is 1. The molecule has 1 rings (SSSR count). The van der Waals surface area contributed by atoms with Crippen LogP contribution in [0.25, 0.3) is 0 Å². The van der Waals surface area contributed by atoms with Gasteiger partial charge < -0.3 is 4.74 Å². The van der Waals surface area contributed by atoms with E-state index >= 15 is 0 Å². The quantitative estimate of drug-likeness (QED) is 0.671. The monoisotopic (exact) mass is 199 g/mol. The van der Waals surface area contributed by atoms with Crippen LogP contribution >= 0.6 is 0 Å². The number of nitrogens with zero attached hydrogens (tertiary/aromatic N) is 1. The first-order valence-electron chi connectivity index (χ1n) is 5.46. The summed E-state index contributed by atoms with van der Waals surface area (Å²) in [5.41, 5.74) is 0. The lowest BCUT2D eigenvalue weighted by molar-refractivity contribution is -0.118. The molecule has 1 fully saturated rings. The molecule has 0 aliphatic carbocycles. The molecule has 0 aromatic rings. The van der Waals surface area contributed by atoms with E-state index in [1.165, 1.54) is 19.3 Å². The Kier molecular flexibility index (Phi) is 5.12. The van der Waals surface area contributed by atoms with Crippen LogP contribution in [0.15, 0.2) is 0 Å². The van der Waals surface area contributed by atoms with Gasteiger partial charge in [0.1, 0.15) is 5.78 Å². The summed E-state index contributed by atoms with van der Waals surface area (Å²) in [7, 11) is 1.73. The molecule has 1 aliphatic rings. The lowest BCUT2D eigenvalue weighted by atomic mass is 9.98. The van der Waals surface area contributed by atoms with E-state index in [-0.39, 0.29) is 0 Å². The molecular weight excluding hydrogens is 178 g/mol. The average Bonchev–Trinajstić information content (AvgIpc) is 2.16. The highest BCUT2D eigenvalue weighted by molar-refractivity contribution is 5.76. The van der Waals surface area contributed by atoms with Gasteiger partial charge in [0.2, 0.25) is 0 Å². The summed E-state index contributed by atoms with van der Waals surface area (Å²) in [6.07, 6.45) is 4.41. The second-order valence-electron chi connectivity index (χ2n) is 4.08. The maximum absolute atomic E-state index is 11.1. The van der Waals surface area contributed by atoms with Crippen LogP contribution in [-0.4, -0.2) is 43.5 Å². The third-order valence-corrected chi connectivity index (χ3v) is 2.85. The molecule has 3 nitrogen and oxygen atoms in total. The third kappa shape index (κ3) is 3.76. The highest BCUT2D eigenvalue weighted by atomic mass is 16.5. The topological polar surface area (TPSA) is 29.5 Å². The van der Waals surface area contributed by atoms with Crippen LogP contribution < -0.4 is 0 Å². The molecule has 1 aliphatic heterocycles. The SMILES string of the molecule is COCCN1CCCCC1CC(C)=O. The van der Waals surface area contributed by atoms with Gasteiger partial charge in [-0.15, -0.1) is 0 Å². The van der Waals surface area contributed by atoms with Crippen LogP contribution in [0.2, 0.25) is 0 Å². The Hall–Kier alpha value is -0.410. The van der Waals surface area contributed by atoms with Gasteiger partial charge in [0.05, 0.1) is 6.61 Å². The fourth-order valence-electron chi connectivity index (χ4n) is 2.13. The summed E-state index contributed by atoms with van der Waals surface area (Å²) >= 11 is 0. The summed E-state index contributed by atoms with van der Waals surface area (Å²) in [4.78, 5) is 13.5. The standard InChI is InChI=1S/C11H21NO2/c1-10(13)9-11-5-3-4-6-12(11)7-8-14-2/h11H,3-9H2,1-2H3. The van der Waals surface area contributed by atoms with E-state index < -0.39 is 0 Å². The third-order valence-electron chi connectivity index (χ3n) is 2.85. The average molecular weight is 199 g/mol. The van der Waals surface area contributed by atoms with E-state index in [1.807, 2.05) is 0 Å². The van der Waals surface area contributed by atoms with Crippen molar-refractivity contribution in [2.75, 3.05) is 26.8 Å². The predicted molar refractivity (Wildman–Crippen MR) is 56.4 cm³/mol. The minimum absolute atomic E-state index is 0.305. The van der Waals surface area contributed by atoms with Crippen LogP contribution in [0, 0.1) is 0 Å². The molecule has 0 amide bonds. The van der Waals surface area contributed by atoms with Gasteiger partial charge in [0, 0.05) is 26.1 Å². The number of ether oxygens (including phenoxy) is 1. The summed E-state index contributed by atoms with van der Waals surface area (Å²) in [5, 5.41) is 0. The number of likely N-dealkylation sites (tertiary alicyclic amines) is 1. The van der Waals surface area contributed by atoms with Crippen molar-refractivity contribution in [2.45, 2.75) is 38.6 Å². The van der Waals surface area contributed by atoms with E-state index in [4.69, 9.17) is 4.74 Å². The molecule has 14 heavy (non-hydrogen) atoms. The Morgan fingerprint density at radius 2 is 2.29 bits per heavy atom. The normalized spacial score (nSPS) is 23.7. The van der Waals surface area contributed by atoms with Gasteiger partial charge in [-0.05, 0) is 26.3 Å². The van der Waals surface area contributed by atoms with Crippen molar-refractivity contribution >= 4 is 5.78 Å². The van der Waals surface area contributed by atoms with Gasteiger partial charge in [0.15, 0.2) is 0 Å². The maximum atomic E-state index is 11.1. The zero-order valence-electron chi connectivity index (χ0n) is 9.29. The van der Waals surface area contributed by atoms with Gasteiger partial charge in [-0.2, -0.15) is 0 Å². The van der Waals surface area contributed by atoms with Crippen LogP contribution in [-0.2, 0) is 9.53 Å². The first kappa shape index (κ1) is 11.7. The molecule has 0 saturated carbocycles. The Bertz CT molecular complexity index is 182. The molecule has 0 spiro atoms. The minimum atomic E-state index is 0.305. The van der Waals surface area contributed by atoms with E-state index in [1.54, 1.807) is 14.0 Å². The van der Waals surface area contributed by atoms with Crippen molar-refractivity contribution in [2.24, 2.45) is 0 Å². The van der Waals surface area contributed by atoms with Crippen molar-refractivity contribution in [1.29, 1.82) is 0 Å². The largest absolute Gasteiger partial charge is 0.383 e. The van der Waals surface area contributed by atoms with E-state index in [2.05, 4.69) is 4.90 Å². The molecule has 0 radical (unpaired) electrons. The van der Waals surface area contributed by atoms with Gasteiger partial charge in [-0.1, -0.05) is 6.42 Å². The van der Waals surface area contributed by atoms with Crippen LogP contribution in [0.4, 0.5) is 0 Å². The molecule has 0 bridgehead atoms. The van der Waals surface area contributed by atoms with Crippen LogP contribution in [0.5, 0.6) is 0 Å². The van der Waals surface area contributed by atoms with E-state index in [9.17, 15) is 4.79 Å². The number of ketones is 1. The molecule has 82 valence electrons. The molecule has 0 aromatic heterocycles. The van der Waals surface area contributed by atoms with E-state index in [0.717, 1.165) is 19.7 Å². The van der Waals surface area contributed by atoms with Gasteiger partial charge >= 0.3 is 0 Å². The molecule has 0 aromatic carbocycles. The number of piperidine rings is 1. The second-order valence-corrected chi connectivity index (χ2v) is 4.08. The van der Waals surface area contributed by atoms with E-state index in [0.29, 0.717) is 18.2 Å². The number of carbonyl (C=O) groups is 1. The Labute approximate surface area is 86.4 Å². The summed E-state index contributed by atoms with van der Waals surface area (Å²) in [6.45, 7) is 4.55. The highest BCUT2D eigenvalue weighted by Gasteiger charge is 2.22.